The predicted octanol–water partition coefficient (Wildman–Crippen LogP) is 4.79. The van der Waals surface area contributed by atoms with Crippen LogP contribution in [0.5, 0.6) is 0 Å². The lowest BCUT2D eigenvalue weighted by Crippen LogP contribution is -2.48. The quantitative estimate of drug-likeness (QED) is 0.463. The summed E-state index contributed by atoms with van der Waals surface area (Å²) >= 11 is 0. The SMILES string of the molecule is C(=C\c1ccccc1)/CN1CCN(C(CCc2ccccc2)c2nnnn2C2CCCC2)CC1. The Morgan fingerprint density at radius 3 is 2.32 bits per heavy atom. The normalized spacial score (nSPS) is 19.2. The maximum atomic E-state index is 4.59. The summed E-state index contributed by atoms with van der Waals surface area (Å²) < 4.78 is 2.16. The van der Waals surface area contributed by atoms with Crippen molar-refractivity contribution in [3.63, 3.8) is 0 Å². The number of tetrazole rings is 1. The molecule has 1 saturated carbocycles. The minimum Gasteiger partial charge on any atom is -0.297 e. The van der Waals surface area contributed by atoms with E-state index < -0.39 is 0 Å². The molecule has 6 heteroatoms. The minimum absolute atomic E-state index is 0.262. The molecule has 0 radical (unpaired) electrons. The van der Waals surface area contributed by atoms with Gasteiger partial charge in [-0.2, -0.15) is 0 Å². The monoisotopic (exact) mass is 456 g/mol. The molecule has 0 spiro atoms. The maximum absolute atomic E-state index is 4.59. The zero-order valence-electron chi connectivity index (χ0n) is 20.0. The molecule has 34 heavy (non-hydrogen) atoms. The molecule has 0 amide bonds. The molecule has 0 N–H and O–H groups in total. The number of aromatic nitrogens is 4. The Hall–Kier alpha value is -2.83. The lowest BCUT2D eigenvalue weighted by molar-refractivity contribution is 0.0916. The number of hydrogen-bond donors (Lipinski definition) is 0. The molecule has 1 saturated heterocycles. The smallest absolute Gasteiger partial charge is 0.168 e. The van der Waals surface area contributed by atoms with Crippen molar-refractivity contribution in [2.45, 2.75) is 50.6 Å². The van der Waals surface area contributed by atoms with Crippen LogP contribution in [0.2, 0.25) is 0 Å². The first-order chi connectivity index (χ1) is 16.9. The maximum Gasteiger partial charge on any atom is 0.168 e. The molecular weight excluding hydrogens is 420 g/mol. The summed E-state index contributed by atoms with van der Waals surface area (Å²) in [7, 11) is 0. The third-order valence-corrected chi connectivity index (χ3v) is 7.36. The summed E-state index contributed by atoms with van der Waals surface area (Å²) in [6.07, 6.45) is 11.6. The third-order valence-electron chi connectivity index (χ3n) is 7.36. The van der Waals surface area contributed by atoms with Crippen molar-refractivity contribution in [3.05, 3.63) is 83.7 Å². The fraction of sp³-hybridized carbons (Fsp3) is 0.464. The van der Waals surface area contributed by atoms with Crippen LogP contribution >= 0.6 is 0 Å². The van der Waals surface area contributed by atoms with E-state index in [9.17, 15) is 0 Å². The Balaban J connectivity index is 1.24. The van der Waals surface area contributed by atoms with Gasteiger partial charge in [0, 0.05) is 32.7 Å². The highest BCUT2D eigenvalue weighted by atomic mass is 15.6. The summed E-state index contributed by atoms with van der Waals surface area (Å²) in [5.41, 5.74) is 2.65. The average Bonchev–Trinajstić information content (AvgIpc) is 3.59. The molecule has 1 aliphatic carbocycles. The molecule has 2 aliphatic rings. The minimum atomic E-state index is 0.262. The van der Waals surface area contributed by atoms with Gasteiger partial charge in [0.1, 0.15) is 0 Å². The van der Waals surface area contributed by atoms with Crippen molar-refractivity contribution in [2.24, 2.45) is 0 Å². The fourth-order valence-corrected chi connectivity index (χ4v) is 5.41. The van der Waals surface area contributed by atoms with Gasteiger partial charge in [-0.3, -0.25) is 9.80 Å². The molecule has 5 rings (SSSR count). The number of rotatable bonds is 9. The van der Waals surface area contributed by atoms with Gasteiger partial charge in [-0.15, -0.1) is 5.10 Å². The molecule has 3 aromatic rings. The number of hydrogen-bond acceptors (Lipinski definition) is 5. The Morgan fingerprint density at radius 2 is 1.59 bits per heavy atom. The Bertz CT molecular complexity index is 1020. The van der Waals surface area contributed by atoms with Crippen LogP contribution in [0.25, 0.3) is 6.08 Å². The number of aryl methyl sites for hydroxylation is 1. The highest BCUT2D eigenvalue weighted by Gasteiger charge is 2.31. The van der Waals surface area contributed by atoms with Crippen LogP contribution in [-0.4, -0.2) is 62.7 Å². The number of benzene rings is 2. The van der Waals surface area contributed by atoms with Crippen molar-refractivity contribution in [3.8, 4) is 0 Å². The van der Waals surface area contributed by atoms with Crippen LogP contribution < -0.4 is 0 Å². The van der Waals surface area contributed by atoms with E-state index in [0.717, 1.165) is 51.4 Å². The molecule has 1 aromatic heterocycles. The van der Waals surface area contributed by atoms with E-state index in [-0.39, 0.29) is 6.04 Å². The highest BCUT2D eigenvalue weighted by Crippen LogP contribution is 2.33. The topological polar surface area (TPSA) is 50.1 Å². The molecule has 6 nitrogen and oxygen atoms in total. The third kappa shape index (κ3) is 5.80. The van der Waals surface area contributed by atoms with Gasteiger partial charge in [0.2, 0.25) is 0 Å². The van der Waals surface area contributed by atoms with Gasteiger partial charge in [-0.1, -0.05) is 85.7 Å². The van der Waals surface area contributed by atoms with Crippen molar-refractivity contribution in [1.29, 1.82) is 0 Å². The molecule has 2 heterocycles. The van der Waals surface area contributed by atoms with Gasteiger partial charge in [0.25, 0.3) is 0 Å². The lowest BCUT2D eigenvalue weighted by Gasteiger charge is -2.38. The number of piperazine rings is 1. The van der Waals surface area contributed by atoms with Crippen LogP contribution in [0.1, 0.15) is 61.1 Å². The first-order valence-corrected chi connectivity index (χ1v) is 12.9. The lowest BCUT2D eigenvalue weighted by atomic mass is 10.0. The zero-order valence-corrected chi connectivity index (χ0v) is 20.0. The van der Waals surface area contributed by atoms with Gasteiger partial charge in [-0.25, -0.2) is 4.68 Å². The summed E-state index contributed by atoms with van der Waals surface area (Å²) in [5, 5.41) is 13.2. The van der Waals surface area contributed by atoms with Gasteiger partial charge in [0.15, 0.2) is 5.82 Å². The van der Waals surface area contributed by atoms with E-state index in [1.807, 2.05) is 0 Å². The molecule has 178 valence electrons. The Kier molecular flexibility index (Phi) is 7.78. The average molecular weight is 457 g/mol. The summed E-state index contributed by atoms with van der Waals surface area (Å²) in [6, 6.07) is 22.1. The molecule has 0 bridgehead atoms. The van der Waals surface area contributed by atoms with Crippen LogP contribution in [0, 0.1) is 0 Å². The van der Waals surface area contributed by atoms with E-state index in [1.54, 1.807) is 0 Å². The first-order valence-electron chi connectivity index (χ1n) is 12.9. The molecule has 1 unspecified atom stereocenters. The van der Waals surface area contributed by atoms with Crippen LogP contribution in [0.3, 0.4) is 0 Å². The molecule has 1 atom stereocenters. The number of nitrogens with zero attached hydrogens (tertiary/aromatic N) is 6. The fourth-order valence-electron chi connectivity index (χ4n) is 5.41. The van der Waals surface area contributed by atoms with E-state index in [2.05, 4.69) is 103 Å². The van der Waals surface area contributed by atoms with E-state index in [1.165, 1.54) is 36.8 Å². The summed E-state index contributed by atoms with van der Waals surface area (Å²) in [4.78, 5) is 5.17. The standard InChI is InChI=1S/C28H36N6/c1-3-10-24(11-4-1)14-9-19-32-20-22-33(23-21-32)27(18-17-25-12-5-2-6-13-25)28-29-30-31-34(28)26-15-7-8-16-26/h1-6,9-14,26-27H,7-8,15-23H2/b14-9+. The van der Waals surface area contributed by atoms with Crippen molar-refractivity contribution >= 4 is 6.08 Å². The van der Waals surface area contributed by atoms with Gasteiger partial charge in [-0.05, 0) is 47.2 Å². The van der Waals surface area contributed by atoms with Crippen LogP contribution in [-0.2, 0) is 6.42 Å². The van der Waals surface area contributed by atoms with E-state index in [4.69, 9.17) is 0 Å². The van der Waals surface area contributed by atoms with Crippen molar-refractivity contribution in [1.82, 2.24) is 30.0 Å². The molecule has 2 aromatic carbocycles. The van der Waals surface area contributed by atoms with E-state index in [0.29, 0.717) is 6.04 Å². The van der Waals surface area contributed by atoms with Crippen molar-refractivity contribution < 1.29 is 0 Å². The van der Waals surface area contributed by atoms with Gasteiger partial charge < -0.3 is 0 Å². The second-order valence-electron chi connectivity index (χ2n) is 9.61. The molecule has 2 fully saturated rings. The highest BCUT2D eigenvalue weighted by molar-refractivity contribution is 5.48. The molecule has 1 aliphatic heterocycles. The van der Waals surface area contributed by atoms with Crippen molar-refractivity contribution in [2.75, 3.05) is 32.7 Å². The zero-order chi connectivity index (χ0) is 23.0. The first kappa shape index (κ1) is 22.9. The summed E-state index contributed by atoms with van der Waals surface area (Å²) in [6.45, 7) is 5.25. The van der Waals surface area contributed by atoms with Crippen LogP contribution in [0.4, 0.5) is 0 Å². The van der Waals surface area contributed by atoms with Gasteiger partial charge >= 0.3 is 0 Å². The molecular formula is C28H36N6. The largest absolute Gasteiger partial charge is 0.297 e. The predicted molar refractivity (Wildman–Crippen MR) is 136 cm³/mol. The summed E-state index contributed by atoms with van der Waals surface area (Å²) in [5.74, 6) is 1.07. The second-order valence-corrected chi connectivity index (χ2v) is 9.61. The van der Waals surface area contributed by atoms with Gasteiger partial charge in [0.05, 0.1) is 12.1 Å². The van der Waals surface area contributed by atoms with E-state index >= 15 is 0 Å². The van der Waals surface area contributed by atoms with Crippen LogP contribution in [0.15, 0.2) is 66.7 Å². The second kappa shape index (κ2) is 11.5. The Labute approximate surface area is 203 Å². The Morgan fingerprint density at radius 1 is 0.882 bits per heavy atom.